The minimum Gasteiger partial charge on any atom is -0.347 e. The van der Waals surface area contributed by atoms with E-state index >= 15 is 0 Å². The molecule has 1 aliphatic heterocycles. The molecule has 4 heteroatoms. The Bertz CT molecular complexity index is 416. The predicted octanol–water partition coefficient (Wildman–Crippen LogP) is 3.32. The smallest absolute Gasteiger partial charge is 0.217 e. The number of hydrogen-bond acceptors (Lipinski definition) is 3. The van der Waals surface area contributed by atoms with Crippen LogP contribution in [0.3, 0.4) is 0 Å². The molecule has 1 amide bonds. The van der Waals surface area contributed by atoms with Crippen LogP contribution in [0.5, 0.6) is 0 Å². The van der Waals surface area contributed by atoms with E-state index in [2.05, 4.69) is 54.4 Å². The molecule has 0 spiro atoms. The van der Waals surface area contributed by atoms with Crippen LogP contribution in [0.15, 0.2) is 36.0 Å². The second kappa shape index (κ2) is 11.0. The first-order valence-corrected chi connectivity index (χ1v) is 7.99. The van der Waals surface area contributed by atoms with Crippen molar-refractivity contribution in [2.45, 2.75) is 45.6 Å². The molecule has 2 rings (SSSR count). The third-order valence-corrected chi connectivity index (χ3v) is 3.79. The number of carbonyl (C=O) groups excluding carboxylic acids is 1. The number of amides is 1. The zero-order valence-corrected chi connectivity index (χ0v) is 14.5. The van der Waals surface area contributed by atoms with Gasteiger partial charge in [0, 0.05) is 20.0 Å². The quantitative estimate of drug-likeness (QED) is 0.769. The maximum absolute atomic E-state index is 11.5. The maximum atomic E-state index is 11.5. The molecule has 2 aliphatic rings. The zero-order chi connectivity index (χ0) is 17.0. The molecule has 124 valence electrons. The molecular formula is C18H31N3O. The van der Waals surface area contributed by atoms with Crippen molar-refractivity contribution < 1.29 is 4.79 Å². The summed E-state index contributed by atoms with van der Waals surface area (Å²) in [7, 11) is 2.13. The van der Waals surface area contributed by atoms with E-state index in [1.54, 1.807) is 6.92 Å². The first-order chi connectivity index (χ1) is 10.6. The lowest BCUT2D eigenvalue weighted by atomic mass is 9.80. The Morgan fingerprint density at radius 1 is 1.27 bits per heavy atom. The van der Waals surface area contributed by atoms with Crippen LogP contribution >= 0.6 is 0 Å². The number of carbonyl (C=O) groups is 1. The largest absolute Gasteiger partial charge is 0.347 e. The zero-order valence-electron chi connectivity index (χ0n) is 14.5. The minimum absolute atomic E-state index is 0.0575. The van der Waals surface area contributed by atoms with Gasteiger partial charge in [0.05, 0.1) is 5.54 Å². The fourth-order valence-electron chi connectivity index (χ4n) is 2.72. The summed E-state index contributed by atoms with van der Waals surface area (Å²) in [5, 5.41) is 8.69. The van der Waals surface area contributed by atoms with Gasteiger partial charge in [-0.1, -0.05) is 44.2 Å². The molecule has 0 radical (unpaired) electrons. The number of nitrogens with zero attached hydrogens (tertiary/aromatic N) is 1. The second-order valence-electron chi connectivity index (χ2n) is 5.25. The first kappa shape index (κ1) is 20.3. The van der Waals surface area contributed by atoms with Crippen LogP contribution in [-0.4, -0.2) is 43.2 Å². The highest BCUT2D eigenvalue weighted by Crippen LogP contribution is 2.31. The number of rotatable bonds is 2. The molecule has 0 saturated carbocycles. The molecule has 1 heterocycles. The molecule has 0 bridgehead atoms. The molecule has 1 saturated heterocycles. The van der Waals surface area contributed by atoms with Gasteiger partial charge in [-0.15, -0.1) is 0 Å². The number of nitrogens with one attached hydrogen (secondary N) is 2. The summed E-state index contributed by atoms with van der Waals surface area (Å²) in [5.41, 5.74) is 1.06. The summed E-state index contributed by atoms with van der Waals surface area (Å²) < 4.78 is 0. The molecule has 4 nitrogen and oxygen atoms in total. The van der Waals surface area contributed by atoms with Crippen molar-refractivity contribution in [3.05, 3.63) is 36.0 Å². The highest BCUT2D eigenvalue weighted by molar-refractivity contribution is 5.75. The lowest BCUT2D eigenvalue weighted by molar-refractivity contribution is -0.120. The number of hydrogen-bond donors (Lipinski definition) is 2. The molecule has 0 atom stereocenters. The normalized spacial score (nSPS) is 19.5. The second-order valence-corrected chi connectivity index (χ2v) is 5.25. The van der Waals surface area contributed by atoms with Crippen LogP contribution in [0.2, 0.25) is 0 Å². The van der Waals surface area contributed by atoms with E-state index in [-0.39, 0.29) is 11.4 Å². The number of piperidine rings is 1. The molecule has 0 aromatic rings. The Morgan fingerprint density at radius 2 is 1.86 bits per heavy atom. The fourth-order valence-corrected chi connectivity index (χ4v) is 2.72. The van der Waals surface area contributed by atoms with E-state index in [4.69, 9.17) is 5.41 Å². The van der Waals surface area contributed by atoms with Crippen LogP contribution in [-0.2, 0) is 4.79 Å². The van der Waals surface area contributed by atoms with Gasteiger partial charge in [0.15, 0.2) is 0 Å². The third-order valence-electron chi connectivity index (χ3n) is 3.79. The average Bonchev–Trinajstić information content (AvgIpc) is 2.83. The van der Waals surface area contributed by atoms with Gasteiger partial charge in [0.25, 0.3) is 0 Å². The molecule has 22 heavy (non-hydrogen) atoms. The van der Waals surface area contributed by atoms with Gasteiger partial charge in [-0.05, 0) is 38.6 Å². The SMILES string of the molecule is C=N.CC.CC(=O)NC1(C2=CC=CCC=C2)CCN(C)CC1. The summed E-state index contributed by atoms with van der Waals surface area (Å²) in [4.78, 5) is 13.8. The van der Waals surface area contributed by atoms with Gasteiger partial charge in [-0.25, -0.2) is 0 Å². The number of allylic oxidation sites excluding steroid dienone is 4. The van der Waals surface area contributed by atoms with Crippen LogP contribution in [0, 0.1) is 5.41 Å². The third kappa shape index (κ3) is 5.98. The molecule has 1 aliphatic carbocycles. The molecular weight excluding hydrogens is 274 g/mol. The summed E-state index contributed by atoms with van der Waals surface area (Å²) in [5.74, 6) is 0.0575. The van der Waals surface area contributed by atoms with E-state index in [1.165, 1.54) is 5.57 Å². The predicted molar refractivity (Wildman–Crippen MR) is 95.4 cm³/mol. The van der Waals surface area contributed by atoms with E-state index in [1.807, 2.05) is 13.8 Å². The summed E-state index contributed by atoms with van der Waals surface area (Å²) in [6.07, 6.45) is 13.6. The van der Waals surface area contributed by atoms with Crippen molar-refractivity contribution in [2.24, 2.45) is 0 Å². The van der Waals surface area contributed by atoms with Gasteiger partial charge < -0.3 is 15.6 Å². The van der Waals surface area contributed by atoms with Crippen molar-refractivity contribution in [3.63, 3.8) is 0 Å². The van der Waals surface area contributed by atoms with E-state index in [0.717, 1.165) is 32.4 Å². The maximum Gasteiger partial charge on any atom is 0.217 e. The summed E-state index contributed by atoms with van der Waals surface area (Å²) >= 11 is 0. The van der Waals surface area contributed by atoms with Crippen molar-refractivity contribution >= 4 is 12.6 Å². The van der Waals surface area contributed by atoms with Crippen molar-refractivity contribution in [2.75, 3.05) is 20.1 Å². The Balaban J connectivity index is 0.00000102. The van der Waals surface area contributed by atoms with Gasteiger partial charge in [0.2, 0.25) is 5.91 Å². The summed E-state index contributed by atoms with van der Waals surface area (Å²) in [6, 6.07) is 0. The van der Waals surface area contributed by atoms with E-state index in [0.29, 0.717) is 0 Å². The fraction of sp³-hybridized carbons (Fsp3) is 0.556. The Kier molecular flexibility index (Phi) is 10.1. The standard InChI is InChI=1S/C15H22N2O.C2H6.CH3N/c1-13(18)16-15(9-11-17(2)12-10-15)14-7-5-3-4-6-8-14;2*1-2/h3,5-8H,4,9-12H2,1-2H3,(H,16,18);1-2H3;2H,1H2. The lowest BCUT2D eigenvalue weighted by Crippen LogP contribution is -2.55. The van der Waals surface area contributed by atoms with Crippen LogP contribution in [0.25, 0.3) is 0 Å². The minimum atomic E-state index is -0.177. The highest BCUT2D eigenvalue weighted by Gasteiger charge is 2.36. The van der Waals surface area contributed by atoms with E-state index < -0.39 is 0 Å². The van der Waals surface area contributed by atoms with Gasteiger partial charge >= 0.3 is 0 Å². The van der Waals surface area contributed by atoms with Crippen molar-refractivity contribution in [1.29, 1.82) is 5.41 Å². The molecule has 0 aromatic heterocycles. The van der Waals surface area contributed by atoms with Crippen molar-refractivity contribution in [3.8, 4) is 0 Å². The van der Waals surface area contributed by atoms with Crippen molar-refractivity contribution in [1.82, 2.24) is 10.2 Å². The highest BCUT2D eigenvalue weighted by atomic mass is 16.1. The Morgan fingerprint density at radius 3 is 2.41 bits per heavy atom. The lowest BCUT2D eigenvalue weighted by Gasteiger charge is -2.42. The molecule has 2 N–H and O–H groups in total. The van der Waals surface area contributed by atoms with Gasteiger partial charge in [-0.2, -0.15) is 0 Å². The van der Waals surface area contributed by atoms with Gasteiger partial charge in [0.1, 0.15) is 0 Å². The molecule has 0 unspecified atom stereocenters. The number of likely N-dealkylation sites (tertiary alicyclic amines) is 1. The first-order valence-electron chi connectivity index (χ1n) is 7.99. The van der Waals surface area contributed by atoms with Gasteiger partial charge in [-0.3, -0.25) is 4.79 Å². The van der Waals surface area contributed by atoms with Crippen LogP contribution < -0.4 is 5.32 Å². The van der Waals surface area contributed by atoms with Crippen LogP contribution in [0.1, 0.15) is 40.0 Å². The van der Waals surface area contributed by atoms with Crippen LogP contribution in [0.4, 0.5) is 0 Å². The molecule has 1 fully saturated rings. The van der Waals surface area contributed by atoms with E-state index in [9.17, 15) is 4.79 Å². The summed E-state index contributed by atoms with van der Waals surface area (Å²) in [6.45, 7) is 10.2. The molecule has 0 aromatic carbocycles. The topological polar surface area (TPSA) is 56.2 Å². The average molecular weight is 305 g/mol. The Labute approximate surface area is 135 Å². The monoisotopic (exact) mass is 305 g/mol. The Hall–Kier alpha value is -1.68.